The molecule has 0 aliphatic rings. The number of rotatable bonds is 8. The molecule has 32 heavy (non-hydrogen) atoms. The van der Waals surface area contributed by atoms with Crippen LogP contribution in [0.15, 0.2) is 71.3 Å². The first-order valence-electron chi connectivity index (χ1n) is 9.34. The first-order chi connectivity index (χ1) is 15.3. The van der Waals surface area contributed by atoms with Crippen molar-refractivity contribution in [3.05, 3.63) is 78.3 Å². The van der Waals surface area contributed by atoms with Gasteiger partial charge < -0.3 is 24.5 Å². The Morgan fingerprint density at radius 1 is 0.938 bits per heavy atom. The van der Waals surface area contributed by atoms with Crippen LogP contribution >= 0.6 is 0 Å². The molecule has 0 aliphatic heterocycles. The summed E-state index contributed by atoms with van der Waals surface area (Å²) in [5.74, 6) is -2.05. The van der Waals surface area contributed by atoms with E-state index in [0.717, 1.165) is 0 Å². The highest BCUT2D eigenvalue weighted by molar-refractivity contribution is 6.02. The van der Waals surface area contributed by atoms with Crippen LogP contribution in [0.1, 0.15) is 27.8 Å². The van der Waals surface area contributed by atoms with E-state index in [2.05, 4.69) is 15.4 Å². The molecule has 8 nitrogen and oxygen atoms in total. The van der Waals surface area contributed by atoms with E-state index in [1.807, 2.05) is 0 Å². The van der Waals surface area contributed by atoms with Crippen LogP contribution in [0.4, 0.5) is 20.2 Å². The van der Waals surface area contributed by atoms with Gasteiger partial charge in [-0.3, -0.25) is 9.59 Å². The van der Waals surface area contributed by atoms with E-state index in [1.165, 1.54) is 67.8 Å². The number of hydrogen-bond acceptors (Lipinski definition) is 6. The molecule has 3 aromatic rings. The summed E-state index contributed by atoms with van der Waals surface area (Å²) in [7, 11) is 0. The maximum absolute atomic E-state index is 12.5. The van der Waals surface area contributed by atoms with Crippen LogP contribution in [0.3, 0.4) is 0 Å². The number of anilines is 2. The van der Waals surface area contributed by atoms with E-state index in [0.29, 0.717) is 5.69 Å². The summed E-state index contributed by atoms with van der Waals surface area (Å²) in [5, 5.41) is 4.99. The van der Waals surface area contributed by atoms with Gasteiger partial charge in [0.2, 0.25) is 0 Å². The van der Waals surface area contributed by atoms with E-state index in [1.54, 1.807) is 6.07 Å². The molecule has 2 aromatic carbocycles. The van der Waals surface area contributed by atoms with Gasteiger partial charge in [0.05, 0.1) is 17.5 Å². The highest BCUT2D eigenvalue weighted by atomic mass is 19.3. The number of furan rings is 1. The molecule has 1 atom stereocenters. The minimum Gasteiger partial charge on any atom is -0.459 e. The van der Waals surface area contributed by atoms with Gasteiger partial charge in [0.15, 0.2) is 11.9 Å². The van der Waals surface area contributed by atoms with Gasteiger partial charge in [0, 0.05) is 5.69 Å². The second-order valence-electron chi connectivity index (χ2n) is 6.42. The number of ether oxygens (including phenoxy) is 2. The van der Waals surface area contributed by atoms with E-state index < -0.39 is 30.5 Å². The standard InChI is InChI=1S/C22H18F2N2O6/c1-13(19(27)26-16-5-2-3-6-17(16)32-22(23)24)31-21(29)14-8-10-15(11-9-14)25-20(28)18-7-4-12-30-18/h2-13,22H,1H3,(H,25,28)(H,26,27). The summed E-state index contributed by atoms with van der Waals surface area (Å²) in [6, 6.07) is 14.5. The monoisotopic (exact) mass is 444 g/mol. The number of amides is 2. The van der Waals surface area contributed by atoms with Crippen molar-refractivity contribution in [1.29, 1.82) is 0 Å². The van der Waals surface area contributed by atoms with Gasteiger partial charge in [0.1, 0.15) is 5.75 Å². The Morgan fingerprint density at radius 3 is 2.31 bits per heavy atom. The van der Waals surface area contributed by atoms with E-state index in [9.17, 15) is 23.2 Å². The van der Waals surface area contributed by atoms with Gasteiger partial charge in [-0.15, -0.1) is 0 Å². The maximum atomic E-state index is 12.5. The smallest absolute Gasteiger partial charge is 0.387 e. The summed E-state index contributed by atoms with van der Waals surface area (Å²) in [6.07, 6.45) is 0.149. The van der Waals surface area contributed by atoms with Gasteiger partial charge in [-0.25, -0.2) is 4.79 Å². The Hall–Kier alpha value is -4.21. The number of para-hydroxylation sites is 2. The molecule has 10 heteroatoms. The number of nitrogens with one attached hydrogen (secondary N) is 2. The molecule has 2 N–H and O–H groups in total. The largest absolute Gasteiger partial charge is 0.459 e. The second kappa shape index (κ2) is 10.2. The second-order valence-corrected chi connectivity index (χ2v) is 6.42. The molecule has 1 unspecified atom stereocenters. The van der Waals surface area contributed by atoms with Crippen LogP contribution in [-0.2, 0) is 9.53 Å². The van der Waals surface area contributed by atoms with Crippen LogP contribution < -0.4 is 15.4 Å². The summed E-state index contributed by atoms with van der Waals surface area (Å²) in [4.78, 5) is 36.6. The van der Waals surface area contributed by atoms with Crippen molar-refractivity contribution in [3.63, 3.8) is 0 Å². The molecule has 166 valence electrons. The minimum atomic E-state index is -3.06. The van der Waals surface area contributed by atoms with Crippen molar-refractivity contribution in [2.75, 3.05) is 10.6 Å². The zero-order chi connectivity index (χ0) is 23.1. The first-order valence-corrected chi connectivity index (χ1v) is 9.34. The number of benzene rings is 2. The number of hydrogen-bond donors (Lipinski definition) is 2. The van der Waals surface area contributed by atoms with Crippen LogP contribution in [0.2, 0.25) is 0 Å². The van der Waals surface area contributed by atoms with Crippen LogP contribution in [0, 0.1) is 0 Å². The van der Waals surface area contributed by atoms with E-state index in [4.69, 9.17) is 9.15 Å². The van der Waals surface area contributed by atoms with Crippen molar-refractivity contribution < 1.29 is 37.1 Å². The Balaban J connectivity index is 1.57. The number of esters is 1. The Bertz CT molecular complexity index is 1080. The Labute approximate surface area is 181 Å². The molecule has 2 amide bonds. The molecule has 0 radical (unpaired) electrons. The predicted octanol–water partition coefficient (Wildman–Crippen LogP) is 4.32. The zero-order valence-electron chi connectivity index (χ0n) is 16.7. The van der Waals surface area contributed by atoms with E-state index >= 15 is 0 Å². The van der Waals surface area contributed by atoms with Crippen molar-refractivity contribution in [2.45, 2.75) is 19.6 Å². The average Bonchev–Trinajstić information content (AvgIpc) is 3.30. The van der Waals surface area contributed by atoms with Crippen molar-refractivity contribution in [1.82, 2.24) is 0 Å². The predicted molar refractivity (Wildman–Crippen MR) is 110 cm³/mol. The number of carbonyl (C=O) groups excluding carboxylic acids is 3. The fourth-order valence-corrected chi connectivity index (χ4v) is 2.58. The van der Waals surface area contributed by atoms with Gasteiger partial charge in [-0.05, 0) is 55.5 Å². The molecule has 1 heterocycles. The van der Waals surface area contributed by atoms with Gasteiger partial charge in [0.25, 0.3) is 11.8 Å². The zero-order valence-corrected chi connectivity index (χ0v) is 16.7. The number of halogens is 2. The lowest BCUT2D eigenvalue weighted by Gasteiger charge is -2.16. The molecule has 3 rings (SSSR count). The molecule has 0 bridgehead atoms. The number of carbonyl (C=O) groups is 3. The lowest BCUT2D eigenvalue weighted by atomic mass is 10.2. The molecule has 0 fully saturated rings. The third-order valence-electron chi connectivity index (χ3n) is 4.14. The average molecular weight is 444 g/mol. The molecular formula is C22H18F2N2O6. The van der Waals surface area contributed by atoms with Crippen LogP contribution in [0.5, 0.6) is 5.75 Å². The normalized spacial score (nSPS) is 11.5. The van der Waals surface area contributed by atoms with Crippen molar-refractivity contribution in [3.8, 4) is 5.75 Å². The quantitative estimate of drug-likeness (QED) is 0.501. The van der Waals surface area contributed by atoms with Crippen molar-refractivity contribution in [2.24, 2.45) is 0 Å². The summed E-state index contributed by atoms with van der Waals surface area (Å²) in [5.41, 5.74) is 0.573. The topological polar surface area (TPSA) is 107 Å². The third-order valence-corrected chi connectivity index (χ3v) is 4.14. The molecular weight excluding hydrogens is 426 g/mol. The van der Waals surface area contributed by atoms with Crippen LogP contribution in [-0.4, -0.2) is 30.5 Å². The van der Waals surface area contributed by atoms with E-state index in [-0.39, 0.29) is 22.8 Å². The fourth-order valence-electron chi connectivity index (χ4n) is 2.58. The summed E-state index contributed by atoms with van der Waals surface area (Å²) < 4.78 is 39.5. The minimum absolute atomic E-state index is 0.0114. The van der Waals surface area contributed by atoms with Crippen molar-refractivity contribution >= 4 is 29.2 Å². The maximum Gasteiger partial charge on any atom is 0.387 e. The third kappa shape index (κ3) is 5.91. The lowest BCUT2D eigenvalue weighted by molar-refractivity contribution is -0.123. The summed E-state index contributed by atoms with van der Waals surface area (Å²) in [6.45, 7) is -1.72. The molecule has 0 saturated heterocycles. The lowest BCUT2D eigenvalue weighted by Crippen LogP contribution is -2.30. The van der Waals surface area contributed by atoms with Gasteiger partial charge in [-0.2, -0.15) is 8.78 Å². The SMILES string of the molecule is CC(OC(=O)c1ccc(NC(=O)c2ccco2)cc1)C(=O)Nc1ccccc1OC(F)F. The number of alkyl halides is 2. The van der Waals surface area contributed by atoms with Gasteiger partial charge in [-0.1, -0.05) is 12.1 Å². The Kier molecular flexibility index (Phi) is 7.17. The molecule has 0 saturated carbocycles. The molecule has 1 aromatic heterocycles. The fraction of sp³-hybridized carbons (Fsp3) is 0.136. The van der Waals surface area contributed by atoms with Gasteiger partial charge >= 0.3 is 12.6 Å². The highest BCUT2D eigenvalue weighted by Gasteiger charge is 2.21. The summed E-state index contributed by atoms with van der Waals surface area (Å²) >= 11 is 0. The molecule has 0 spiro atoms. The molecule has 0 aliphatic carbocycles. The Morgan fingerprint density at radius 2 is 1.66 bits per heavy atom. The first kappa shape index (κ1) is 22.5. The highest BCUT2D eigenvalue weighted by Crippen LogP contribution is 2.25. The van der Waals surface area contributed by atoms with Crippen LogP contribution in [0.25, 0.3) is 0 Å².